The summed E-state index contributed by atoms with van der Waals surface area (Å²) in [6.07, 6.45) is 2.85. The van der Waals surface area contributed by atoms with Crippen LogP contribution in [0.5, 0.6) is 0 Å². The quantitative estimate of drug-likeness (QED) is 0.686. The van der Waals surface area contributed by atoms with Gasteiger partial charge in [0, 0.05) is 25.9 Å². The molecule has 0 aromatic heterocycles. The molecule has 1 amide bonds. The zero-order valence-corrected chi connectivity index (χ0v) is 9.15. The topological polar surface area (TPSA) is 20.3 Å². The molecule has 1 fully saturated rings. The highest BCUT2D eigenvalue weighted by atomic mass is 16.2. The molecule has 1 saturated heterocycles. The van der Waals surface area contributed by atoms with E-state index >= 15 is 0 Å². The minimum absolute atomic E-state index is 0.286. The van der Waals surface area contributed by atoms with Gasteiger partial charge in [-0.3, -0.25) is 4.79 Å². The van der Waals surface area contributed by atoms with Crippen molar-refractivity contribution in [2.24, 2.45) is 0 Å². The number of amides is 1. The van der Waals surface area contributed by atoms with Crippen molar-refractivity contribution in [3.8, 4) is 0 Å². The van der Waals surface area contributed by atoms with E-state index in [-0.39, 0.29) is 5.91 Å². The normalized spacial score (nSPS) is 22.6. The van der Waals surface area contributed by atoms with Crippen molar-refractivity contribution in [1.29, 1.82) is 0 Å². The van der Waals surface area contributed by atoms with E-state index in [0.717, 1.165) is 19.4 Å². The second-order valence-corrected chi connectivity index (χ2v) is 4.27. The Morgan fingerprint density at radius 1 is 1.27 bits per heavy atom. The SMILES string of the molecule is CN1CC(c2ccccc2)CCCC1=O. The predicted octanol–water partition coefficient (Wildman–Crippen LogP) is 2.41. The smallest absolute Gasteiger partial charge is 0.222 e. The van der Waals surface area contributed by atoms with Gasteiger partial charge in [-0.05, 0) is 18.4 Å². The van der Waals surface area contributed by atoms with E-state index in [1.165, 1.54) is 5.56 Å². The van der Waals surface area contributed by atoms with Crippen molar-refractivity contribution >= 4 is 5.91 Å². The fourth-order valence-corrected chi connectivity index (χ4v) is 2.21. The Kier molecular flexibility index (Phi) is 3.05. The molecule has 0 spiro atoms. The molecule has 1 atom stereocenters. The van der Waals surface area contributed by atoms with E-state index in [0.29, 0.717) is 12.3 Å². The number of hydrogen-bond acceptors (Lipinski definition) is 1. The van der Waals surface area contributed by atoms with Crippen LogP contribution in [-0.2, 0) is 4.79 Å². The van der Waals surface area contributed by atoms with Gasteiger partial charge >= 0.3 is 0 Å². The zero-order chi connectivity index (χ0) is 10.7. The summed E-state index contributed by atoms with van der Waals surface area (Å²) in [4.78, 5) is 13.4. The van der Waals surface area contributed by atoms with Crippen LogP contribution in [0.2, 0.25) is 0 Å². The summed E-state index contributed by atoms with van der Waals surface area (Å²) in [6, 6.07) is 10.5. The summed E-state index contributed by atoms with van der Waals surface area (Å²) >= 11 is 0. The Bertz CT molecular complexity index is 334. The lowest BCUT2D eigenvalue weighted by Crippen LogP contribution is -2.28. The summed E-state index contributed by atoms with van der Waals surface area (Å²) in [5.41, 5.74) is 1.36. The Morgan fingerprint density at radius 2 is 2.00 bits per heavy atom. The van der Waals surface area contributed by atoms with Crippen LogP contribution in [0.1, 0.15) is 30.7 Å². The zero-order valence-electron chi connectivity index (χ0n) is 9.15. The number of carbonyl (C=O) groups is 1. The van der Waals surface area contributed by atoms with Gasteiger partial charge in [-0.1, -0.05) is 30.3 Å². The maximum Gasteiger partial charge on any atom is 0.222 e. The van der Waals surface area contributed by atoms with E-state index in [2.05, 4.69) is 24.3 Å². The maximum absolute atomic E-state index is 11.5. The van der Waals surface area contributed by atoms with Crippen molar-refractivity contribution in [2.75, 3.05) is 13.6 Å². The van der Waals surface area contributed by atoms with Crippen molar-refractivity contribution < 1.29 is 4.79 Å². The third kappa shape index (κ3) is 2.38. The summed E-state index contributed by atoms with van der Waals surface area (Å²) in [6.45, 7) is 0.864. The van der Waals surface area contributed by atoms with Gasteiger partial charge in [0.1, 0.15) is 0 Å². The second kappa shape index (κ2) is 4.47. The van der Waals surface area contributed by atoms with Crippen LogP contribution in [0.25, 0.3) is 0 Å². The molecule has 2 nitrogen and oxygen atoms in total. The molecule has 0 saturated carbocycles. The first kappa shape index (κ1) is 10.2. The molecule has 1 heterocycles. The summed E-state index contributed by atoms with van der Waals surface area (Å²) in [7, 11) is 1.91. The lowest BCUT2D eigenvalue weighted by molar-refractivity contribution is -0.129. The Hall–Kier alpha value is -1.31. The number of likely N-dealkylation sites (tertiary alicyclic amines) is 1. The Morgan fingerprint density at radius 3 is 2.73 bits per heavy atom. The van der Waals surface area contributed by atoms with E-state index in [4.69, 9.17) is 0 Å². The number of hydrogen-bond donors (Lipinski definition) is 0. The maximum atomic E-state index is 11.5. The largest absolute Gasteiger partial charge is 0.345 e. The van der Waals surface area contributed by atoms with Gasteiger partial charge < -0.3 is 4.90 Å². The number of carbonyl (C=O) groups excluding carboxylic acids is 1. The van der Waals surface area contributed by atoms with E-state index < -0.39 is 0 Å². The first-order chi connectivity index (χ1) is 7.27. The molecule has 0 aliphatic carbocycles. The van der Waals surface area contributed by atoms with E-state index in [1.54, 1.807) is 0 Å². The molecule has 1 aliphatic heterocycles. The number of likely N-dealkylation sites (N-methyl/N-ethyl adjacent to an activating group) is 1. The van der Waals surface area contributed by atoms with Gasteiger partial charge in [0.25, 0.3) is 0 Å². The van der Waals surface area contributed by atoms with E-state index in [1.807, 2.05) is 18.0 Å². The monoisotopic (exact) mass is 203 g/mol. The summed E-state index contributed by atoms with van der Waals surface area (Å²) in [5, 5.41) is 0. The van der Waals surface area contributed by atoms with Gasteiger partial charge in [-0.2, -0.15) is 0 Å². The van der Waals surface area contributed by atoms with Gasteiger partial charge in [0.15, 0.2) is 0 Å². The van der Waals surface area contributed by atoms with Crippen molar-refractivity contribution in [3.63, 3.8) is 0 Å². The van der Waals surface area contributed by atoms with Gasteiger partial charge in [0.2, 0.25) is 5.91 Å². The first-order valence-electron chi connectivity index (χ1n) is 5.56. The summed E-state index contributed by atoms with van der Waals surface area (Å²) < 4.78 is 0. The van der Waals surface area contributed by atoms with Crippen LogP contribution < -0.4 is 0 Å². The second-order valence-electron chi connectivity index (χ2n) is 4.27. The molecule has 15 heavy (non-hydrogen) atoms. The van der Waals surface area contributed by atoms with Gasteiger partial charge in [0.05, 0.1) is 0 Å². The number of nitrogens with zero attached hydrogens (tertiary/aromatic N) is 1. The lowest BCUT2D eigenvalue weighted by atomic mass is 9.94. The van der Waals surface area contributed by atoms with Gasteiger partial charge in [-0.25, -0.2) is 0 Å². The minimum Gasteiger partial charge on any atom is -0.345 e. The third-order valence-corrected chi connectivity index (χ3v) is 3.13. The van der Waals surface area contributed by atoms with Crippen molar-refractivity contribution in [2.45, 2.75) is 25.2 Å². The molecule has 1 aromatic carbocycles. The minimum atomic E-state index is 0.286. The molecule has 80 valence electrons. The van der Waals surface area contributed by atoms with E-state index in [9.17, 15) is 4.79 Å². The number of benzene rings is 1. The van der Waals surface area contributed by atoms with Crippen LogP contribution in [0, 0.1) is 0 Å². The Labute approximate surface area is 90.9 Å². The predicted molar refractivity (Wildman–Crippen MR) is 60.7 cm³/mol. The molecule has 0 bridgehead atoms. The molecular weight excluding hydrogens is 186 g/mol. The van der Waals surface area contributed by atoms with Crippen LogP contribution in [0.15, 0.2) is 30.3 Å². The van der Waals surface area contributed by atoms with Gasteiger partial charge in [-0.15, -0.1) is 0 Å². The number of rotatable bonds is 1. The standard InChI is InChI=1S/C13H17NO/c1-14-10-12(8-5-9-13(14)15)11-6-3-2-4-7-11/h2-4,6-7,12H,5,8-10H2,1H3. The Balaban J connectivity index is 2.13. The molecule has 1 aromatic rings. The highest BCUT2D eigenvalue weighted by Gasteiger charge is 2.21. The molecule has 0 N–H and O–H groups in total. The average molecular weight is 203 g/mol. The van der Waals surface area contributed by atoms with Crippen molar-refractivity contribution in [3.05, 3.63) is 35.9 Å². The lowest BCUT2D eigenvalue weighted by Gasteiger charge is -2.20. The summed E-state index contributed by atoms with van der Waals surface area (Å²) in [5.74, 6) is 0.802. The molecule has 1 unspecified atom stereocenters. The third-order valence-electron chi connectivity index (χ3n) is 3.13. The molecule has 2 rings (SSSR count). The molecule has 2 heteroatoms. The highest BCUT2D eigenvalue weighted by molar-refractivity contribution is 5.76. The first-order valence-corrected chi connectivity index (χ1v) is 5.56. The average Bonchev–Trinajstić information content (AvgIpc) is 2.43. The highest BCUT2D eigenvalue weighted by Crippen LogP contribution is 2.25. The van der Waals surface area contributed by atoms with Crippen molar-refractivity contribution in [1.82, 2.24) is 4.90 Å². The fraction of sp³-hybridized carbons (Fsp3) is 0.462. The molecule has 1 aliphatic rings. The fourth-order valence-electron chi connectivity index (χ4n) is 2.21. The van der Waals surface area contributed by atoms with Crippen LogP contribution >= 0.6 is 0 Å². The van der Waals surface area contributed by atoms with Crippen LogP contribution in [-0.4, -0.2) is 24.4 Å². The molecular formula is C13H17NO. The van der Waals surface area contributed by atoms with Crippen LogP contribution in [0.3, 0.4) is 0 Å². The van der Waals surface area contributed by atoms with Crippen LogP contribution in [0.4, 0.5) is 0 Å². The molecule has 0 radical (unpaired) electrons.